The lowest BCUT2D eigenvalue weighted by atomic mass is 9.94. The molecule has 3 N–H and O–H groups in total. The number of anilines is 1. The van der Waals surface area contributed by atoms with Crippen molar-refractivity contribution in [3.05, 3.63) is 59.7 Å². The van der Waals surface area contributed by atoms with Crippen LogP contribution in [0.25, 0.3) is 0 Å². The Labute approximate surface area is 198 Å². The number of likely N-dealkylation sites (N-methyl/N-ethyl adjacent to an activating group) is 1. The number of carbonyl (C=O) groups is 3. The van der Waals surface area contributed by atoms with Crippen LogP contribution in [0.15, 0.2) is 48.5 Å². The van der Waals surface area contributed by atoms with Crippen LogP contribution < -0.4 is 20.7 Å². The van der Waals surface area contributed by atoms with Crippen LogP contribution in [0.5, 0.6) is 5.75 Å². The van der Waals surface area contributed by atoms with Crippen molar-refractivity contribution in [2.45, 2.75) is 44.1 Å². The lowest BCUT2D eigenvalue weighted by Crippen LogP contribution is -2.53. The zero-order valence-corrected chi connectivity index (χ0v) is 19.4. The third-order valence-corrected chi connectivity index (χ3v) is 6.26. The maximum absolute atomic E-state index is 13.3. The number of carbonyl (C=O) groups excluding carboxylic acids is 3. The third-order valence-electron chi connectivity index (χ3n) is 6.26. The van der Waals surface area contributed by atoms with Gasteiger partial charge < -0.3 is 30.3 Å². The molecule has 9 nitrogen and oxygen atoms in total. The van der Waals surface area contributed by atoms with Crippen LogP contribution in [0.4, 0.5) is 10.5 Å². The van der Waals surface area contributed by atoms with Gasteiger partial charge in [-0.2, -0.15) is 0 Å². The third kappa shape index (κ3) is 5.48. The summed E-state index contributed by atoms with van der Waals surface area (Å²) in [7, 11) is 3.36. The number of fused-ring (bicyclic) bond motifs is 2. The fourth-order valence-corrected chi connectivity index (χ4v) is 4.37. The van der Waals surface area contributed by atoms with E-state index in [2.05, 4.69) is 16.0 Å². The molecule has 0 unspecified atom stereocenters. The van der Waals surface area contributed by atoms with Crippen molar-refractivity contribution in [1.82, 2.24) is 15.5 Å². The minimum Gasteiger partial charge on any atom is -0.490 e. The van der Waals surface area contributed by atoms with Crippen molar-refractivity contribution in [3.8, 4) is 5.75 Å². The van der Waals surface area contributed by atoms with Gasteiger partial charge in [0.1, 0.15) is 18.5 Å². The normalized spacial score (nSPS) is 21.8. The molecular formula is C25H30N4O5. The van der Waals surface area contributed by atoms with Crippen LogP contribution >= 0.6 is 0 Å². The van der Waals surface area contributed by atoms with E-state index < -0.39 is 0 Å². The summed E-state index contributed by atoms with van der Waals surface area (Å²) >= 11 is 0. The highest BCUT2D eigenvalue weighted by molar-refractivity contribution is 5.99. The van der Waals surface area contributed by atoms with E-state index in [-0.39, 0.29) is 49.1 Å². The van der Waals surface area contributed by atoms with Crippen LogP contribution in [-0.4, -0.2) is 61.7 Å². The highest BCUT2D eigenvalue weighted by Crippen LogP contribution is 2.32. The molecule has 2 aromatic carbocycles. The average Bonchev–Trinajstić information content (AvgIpc) is 2.86. The Morgan fingerprint density at radius 1 is 1.12 bits per heavy atom. The minimum absolute atomic E-state index is 0.0715. The molecule has 2 aliphatic heterocycles. The first-order valence-corrected chi connectivity index (χ1v) is 11.4. The van der Waals surface area contributed by atoms with E-state index in [1.165, 1.54) is 0 Å². The molecule has 2 heterocycles. The van der Waals surface area contributed by atoms with Crippen LogP contribution in [-0.2, 0) is 16.1 Å². The number of hydrogen-bond donors (Lipinski definition) is 3. The molecular weight excluding hydrogens is 436 g/mol. The summed E-state index contributed by atoms with van der Waals surface area (Å²) in [4.78, 5) is 39.1. The molecule has 0 saturated carbocycles. The van der Waals surface area contributed by atoms with Gasteiger partial charge >= 0.3 is 6.03 Å². The molecule has 180 valence electrons. The summed E-state index contributed by atoms with van der Waals surface area (Å²) in [5.41, 5.74) is 1.87. The summed E-state index contributed by atoms with van der Waals surface area (Å²) < 4.78 is 12.1. The summed E-state index contributed by atoms with van der Waals surface area (Å²) in [5.74, 6) is 0.159. The van der Waals surface area contributed by atoms with Gasteiger partial charge in [0.05, 0.1) is 24.1 Å². The second-order valence-electron chi connectivity index (χ2n) is 8.55. The zero-order chi connectivity index (χ0) is 24.1. The molecule has 1 saturated heterocycles. The largest absolute Gasteiger partial charge is 0.490 e. The lowest BCUT2D eigenvalue weighted by molar-refractivity contribution is -0.133. The first-order valence-electron chi connectivity index (χ1n) is 11.4. The maximum Gasteiger partial charge on any atom is 0.319 e. The SMILES string of the molecule is CNC(=O)C[C@@H]1CC[C@@H]2[C@H](COc3ccc(NC(=O)NCc4ccccc4)cc3C(=O)N2C)O1. The quantitative estimate of drug-likeness (QED) is 0.628. The first-order chi connectivity index (χ1) is 16.4. The highest BCUT2D eigenvalue weighted by atomic mass is 16.5. The van der Waals surface area contributed by atoms with Crippen LogP contribution in [0.2, 0.25) is 0 Å². The predicted molar refractivity (Wildman–Crippen MR) is 127 cm³/mol. The molecule has 2 aromatic rings. The van der Waals surface area contributed by atoms with Gasteiger partial charge in [-0.15, -0.1) is 0 Å². The molecule has 34 heavy (non-hydrogen) atoms. The maximum atomic E-state index is 13.3. The molecule has 1 fully saturated rings. The van der Waals surface area contributed by atoms with Crippen LogP contribution in [0, 0.1) is 0 Å². The van der Waals surface area contributed by atoms with Crippen molar-refractivity contribution in [3.63, 3.8) is 0 Å². The molecule has 4 rings (SSSR count). The van der Waals surface area contributed by atoms with Gasteiger partial charge in [0.2, 0.25) is 5.91 Å². The second kappa shape index (κ2) is 10.6. The first kappa shape index (κ1) is 23.6. The number of rotatable bonds is 5. The Balaban J connectivity index is 1.43. The predicted octanol–water partition coefficient (Wildman–Crippen LogP) is 2.52. The lowest BCUT2D eigenvalue weighted by Gasteiger charge is -2.42. The van der Waals surface area contributed by atoms with Gasteiger partial charge in [0.25, 0.3) is 5.91 Å². The number of urea groups is 1. The van der Waals surface area contributed by atoms with E-state index in [4.69, 9.17) is 9.47 Å². The molecule has 9 heteroatoms. The number of ether oxygens (including phenoxy) is 2. The van der Waals surface area contributed by atoms with E-state index in [0.717, 1.165) is 5.56 Å². The van der Waals surface area contributed by atoms with Gasteiger partial charge in [0.15, 0.2) is 0 Å². The Kier molecular flexibility index (Phi) is 7.32. The molecule has 0 bridgehead atoms. The van der Waals surface area contributed by atoms with Gasteiger partial charge in [-0.1, -0.05) is 30.3 Å². The topological polar surface area (TPSA) is 109 Å². The fraction of sp³-hybridized carbons (Fsp3) is 0.400. The number of nitrogens with one attached hydrogen (secondary N) is 3. The van der Waals surface area contributed by atoms with Gasteiger partial charge in [0, 0.05) is 26.3 Å². The number of hydrogen-bond acceptors (Lipinski definition) is 5. The standard InChI is InChI=1S/C25H30N4O5/c1-26-23(30)13-18-9-10-20-22(34-18)15-33-21-11-8-17(12-19(21)24(31)29(20)2)28-25(32)27-14-16-6-4-3-5-7-16/h3-8,11-12,18,20,22H,9-10,13-15H2,1-2H3,(H,26,30)(H2,27,28,32)/t18-,20+,22-/m0/s1. The Bertz CT molecular complexity index is 1040. The molecule has 4 amide bonds. The van der Waals surface area contributed by atoms with E-state index in [1.54, 1.807) is 37.2 Å². The zero-order valence-electron chi connectivity index (χ0n) is 19.4. The minimum atomic E-state index is -0.362. The smallest absolute Gasteiger partial charge is 0.319 e. The Hall–Kier alpha value is -3.59. The molecule has 0 aliphatic carbocycles. The number of amides is 4. The molecule has 3 atom stereocenters. The van der Waals surface area contributed by atoms with E-state index in [1.807, 2.05) is 30.3 Å². The number of benzene rings is 2. The molecule has 0 spiro atoms. The summed E-state index contributed by atoms with van der Waals surface area (Å²) in [6.45, 7) is 0.663. The van der Waals surface area contributed by atoms with Gasteiger partial charge in [-0.25, -0.2) is 4.79 Å². The van der Waals surface area contributed by atoms with Crippen molar-refractivity contribution in [1.29, 1.82) is 0 Å². The molecule has 0 radical (unpaired) electrons. The van der Waals surface area contributed by atoms with Crippen LogP contribution in [0.3, 0.4) is 0 Å². The average molecular weight is 467 g/mol. The van der Waals surface area contributed by atoms with Crippen LogP contribution in [0.1, 0.15) is 35.2 Å². The molecule has 2 aliphatic rings. The van der Waals surface area contributed by atoms with Crippen molar-refractivity contribution in [2.24, 2.45) is 0 Å². The monoisotopic (exact) mass is 466 g/mol. The van der Waals surface area contributed by atoms with Gasteiger partial charge in [-0.05, 0) is 36.6 Å². The van der Waals surface area contributed by atoms with E-state index >= 15 is 0 Å². The Morgan fingerprint density at radius 2 is 1.91 bits per heavy atom. The van der Waals surface area contributed by atoms with Gasteiger partial charge in [-0.3, -0.25) is 9.59 Å². The second-order valence-corrected chi connectivity index (χ2v) is 8.55. The van der Waals surface area contributed by atoms with Crippen molar-refractivity contribution >= 4 is 23.5 Å². The summed E-state index contributed by atoms with van der Waals surface area (Å²) in [6, 6.07) is 14.1. The van der Waals surface area contributed by atoms with E-state index in [0.29, 0.717) is 36.4 Å². The Morgan fingerprint density at radius 3 is 2.68 bits per heavy atom. The summed E-state index contributed by atoms with van der Waals surface area (Å²) in [6.07, 6.45) is 1.16. The summed E-state index contributed by atoms with van der Waals surface area (Å²) in [5, 5.41) is 8.21. The molecule has 0 aromatic heterocycles. The van der Waals surface area contributed by atoms with E-state index in [9.17, 15) is 14.4 Å². The highest BCUT2D eigenvalue weighted by Gasteiger charge is 2.39. The van der Waals surface area contributed by atoms with Crippen molar-refractivity contribution in [2.75, 3.05) is 26.0 Å². The fourth-order valence-electron chi connectivity index (χ4n) is 4.37. The van der Waals surface area contributed by atoms with Crippen molar-refractivity contribution < 1.29 is 23.9 Å². The number of nitrogens with zero attached hydrogens (tertiary/aromatic N) is 1.